The average Bonchev–Trinajstić information content (AvgIpc) is 2.58. The maximum absolute atomic E-state index is 12.5. The third-order valence-electron chi connectivity index (χ3n) is 3.82. The molecule has 5 nitrogen and oxygen atoms in total. The first-order valence-electron chi connectivity index (χ1n) is 8.40. The van der Waals surface area contributed by atoms with Crippen LogP contribution >= 0.6 is 0 Å². The highest BCUT2D eigenvalue weighted by Gasteiger charge is 2.17. The number of nitrogens with one attached hydrogen (secondary N) is 2. The van der Waals surface area contributed by atoms with Crippen LogP contribution in [0.25, 0.3) is 0 Å². The lowest BCUT2D eigenvalue weighted by Gasteiger charge is -2.27. The SMILES string of the molecule is Cc1cccc(NC(=O)NCC(=O)N(Cc2ccccc2)C(C)C)c1. The summed E-state index contributed by atoms with van der Waals surface area (Å²) in [5, 5.41) is 5.37. The van der Waals surface area contributed by atoms with E-state index < -0.39 is 0 Å². The summed E-state index contributed by atoms with van der Waals surface area (Å²) >= 11 is 0. The predicted molar refractivity (Wildman–Crippen MR) is 100 cm³/mol. The van der Waals surface area contributed by atoms with Gasteiger partial charge in [0.15, 0.2) is 0 Å². The number of rotatable bonds is 6. The van der Waals surface area contributed by atoms with Gasteiger partial charge in [-0.05, 0) is 44.0 Å². The Kier molecular flexibility index (Phi) is 6.57. The van der Waals surface area contributed by atoms with Gasteiger partial charge in [0.25, 0.3) is 0 Å². The second-order valence-electron chi connectivity index (χ2n) is 6.28. The Morgan fingerprint density at radius 3 is 2.40 bits per heavy atom. The fraction of sp³-hybridized carbons (Fsp3) is 0.300. The zero-order valence-corrected chi connectivity index (χ0v) is 15.0. The molecule has 0 unspecified atom stereocenters. The number of anilines is 1. The molecule has 5 heteroatoms. The minimum absolute atomic E-state index is 0.0390. The molecule has 0 spiro atoms. The van der Waals surface area contributed by atoms with Gasteiger partial charge >= 0.3 is 6.03 Å². The first-order chi connectivity index (χ1) is 12.0. The molecular formula is C20H25N3O2. The molecular weight excluding hydrogens is 314 g/mol. The lowest BCUT2D eigenvalue weighted by atomic mass is 10.2. The van der Waals surface area contributed by atoms with Crippen LogP contribution in [0.1, 0.15) is 25.0 Å². The highest BCUT2D eigenvalue weighted by Crippen LogP contribution is 2.10. The molecule has 0 aliphatic heterocycles. The Balaban J connectivity index is 1.89. The van der Waals surface area contributed by atoms with Crippen LogP contribution in [-0.4, -0.2) is 29.4 Å². The second-order valence-corrected chi connectivity index (χ2v) is 6.28. The maximum Gasteiger partial charge on any atom is 0.319 e. The van der Waals surface area contributed by atoms with Crippen molar-refractivity contribution in [3.05, 3.63) is 65.7 Å². The molecule has 0 atom stereocenters. The maximum atomic E-state index is 12.5. The number of benzene rings is 2. The largest absolute Gasteiger partial charge is 0.334 e. The summed E-state index contributed by atoms with van der Waals surface area (Å²) < 4.78 is 0. The molecule has 0 fully saturated rings. The van der Waals surface area contributed by atoms with E-state index in [0.717, 1.165) is 11.1 Å². The molecule has 0 radical (unpaired) electrons. The van der Waals surface area contributed by atoms with E-state index in [4.69, 9.17) is 0 Å². The van der Waals surface area contributed by atoms with E-state index in [1.807, 2.05) is 75.4 Å². The van der Waals surface area contributed by atoms with Crippen molar-refractivity contribution >= 4 is 17.6 Å². The third-order valence-corrected chi connectivity index (χ3v) is 3.82. The number of hydrogen-bond donors (Lipinski definition) is 2. The van der Waals surface area contributed by atoms with Crippen LogP contribution in [0.2, 0.25) is 0 Å². The van der Waals surface area contributed by atoms with Crippen molar-refractivity contribution in [3.63, 3.8) is 0 Å². The molecule has 3 amide bonds. The van der Waals surface area contributed by atoms with Crippen LogP contribution in [0.3, 0.4) is 0 Å². The van der Waals surface area contributed by atoms with Gasteiger partial charge in [0.1, 0.15) is 0 Å². The first-order valence-corrected chi connectivity index (χ1v) is 8.40. The van der Waals surface area contributed by atoms with E-state index in [-0.39, 0.29) is 24.5 Å². The van der Waals surface area contributed by atoms with Crippen LogP contribution in [0.15, 0.2) is 54.6 Å². The molecule has 0 aliphatic carbocycles. The van der Waals surface area contributed by atoms with Gasteiger partial charge in [-0.15, -0.1) is 0 Å². The Hall–Kier alpha value is -2.82. The number of urea groups is 1. The van der Waals surface area contributed by atoms with E-state index >= 15 is 0 Å². The van der Waals surface area contributed by atoms with E-state index in [1.54, 1.807) is 4.90 Å². The van der Waals surface area contributed by atoms with Crippen LogP contribution < -0.4 is 10.6 Å². The molecule has 2 aromatic carbocycles. The third kappa shape index (κ3) is 5.95. The summed E-state index contributed by atoms with van der Waals surface area (Å²) in [4.78, 5) is 26.2. The number of hydrogen-bond acceptors (Lipinski definition) is 2. The fourth-order valence-electron chi connectivity index (χ4n) is 2.49. The Bertz CT molecular complexity index is 714. The monoisotopic (exact) mass is 339 g/mol. The van der Waals surface area contributed by atoms with E-state index in [2.05, 4.69) is 10.6 Å². The molecule has 2 rings (SSSR count). The van der Waals surface area contributed by atoms with Crippen LogP contribution in [0.4, 0.5) is 10.5 Å². The van der Waals surface area contributed by atoms with Crippen molar-refractivity contribution in [2.45, 2.75) is 33.4 Å². The molecule has 132 valence electrons. The highest BCUT2D eigenvalue weighted by molar-refractivity contribution is 5.92. The van der Waals surface area contributed by atoms with Gasteiger partial charge < -0.3 is 15.5 Å². The van der Waals surface area contributed by atoms with Gasteiger partial charge in [-0.3, -0.25) is 4.79 Å². The molecule has 0 heterocycles. The summed E-state index contributed by atoms with van der Waals surface area (Å²) in [7, 11) is 0. The number of aryl methyl sites for hydroxylation is 1. The second kappa shape index (κ2) is 8.87. The Morgan fingerprint density at radius 1 is 1.04 bits per heavy atom. The minimum atomic E-state index is -0.387. The summed E-state index contributed by atoms with van der Waals surface area (Å²) in [5.74, 6) is -0.113. The van der Waals surface area contributed by atoms with Gasteiger partial charge in [0.2, 0.25) is 5.91 Å². The first kappa shape index (κ1) is 18.5. The zero-order chi connectivity index (χ0) is 18.2. The summed E-state index contributed by atoms with van der Waals surface area (Å²) in [6.45, 7) is 6.37. The topological polar surface area (TPSA) is 61.4 Å². The van der Waals surface area contributed by atoms with Crippen molar-refractivity contribution in [2.24, 2.45) is 0 Å². The smallest absolute Gasteiger partial charge is 0.319 e. The Labute approximate surface area is 149 Å². The van der Waals surface area contributed by atoms with E-state index in [9.17, 15) is 9.59 Å². The van der Waals surface area contributed by atoms with E-state index in [0.29, 0.717) is 12.2 Å². The predicted octanol–water partition coefficient (Wildman–Crippen LogP) is 3.55. The van der Waals surface area contributed by atoms with Crippen molar-refractivity contribution in [1.82, 2.24) is 10.2 Å². The summed E-state index contributed by atoms with van der Waals surface area (Å²) in [6.07, 6.45) is 0. The molecule has 0 saturated heterocycles. The molecule has 0 bridgehead atoms. The number of nitrogens with zero attached hydrogens (tertiary/aromatic N) is 1. The van der Waals surface area contributed by atoms with Gasteiger partial charge in [-0.1, -0.05) is 42.5 Å². The van der Waals surface area contributed by atoms with Crippen molar-refractivity contribution in [2.75, 3.05) is 11.9 Å². The summed E-state index contributed by atoms with van der Waals surface area (Å²) in [5.41, 5.74) is 2.83. The van der Waals surface area contributed by atoms with Gasteiger partial charge in [-0.25, -0.2) is 4.79 Å². The number of carbonyl (C=O) groups is 2. The number of amides is 3. The average molecular weight is 339 g/mol. The van der Waals surface area contributed by atoms with Crippen molar-refractivity contribution in [3.8, 4) is 0 Å². The lowest BCUT2D eigenvalue weighted by Crippen LogP contribution is -2.44. The van der Waals surface area contributed by atoms with Crippen LogP contribution in [-0.2, 0) is 11.3 Å². The van der Waals surface area contributed by atoms with Crippen LogP contribution in [0, 0.1) is 6.92 Å². The van der Waals surface area contributed by atoms with Crippen LogP contribution in [0.5, 0.6) is 0 Å². The molecule has 25 heavy (non-hydrogen) atoms. The van der Waals surface area contributed by atoms with Crippen molar-refractivity contribution < 1.29 is 9.59 Å². The Morgan fingerprint density at radius 2 is 1.76 bits per heavy atom. The molecule has 0 saturated carbocycles. The normalized spacial score (nSPS) is 10.4. The standard InChI is InChI=1S/C20H25N3O2/c1-15(2)23(14-17-9-5-4-6-10-17)19(24)13-21-20(25)22-18-11-7-8-16(3)12-18/h4-12,15H,13-14H2,1-3H3,(H2,21,22,25). The van der Waals surface area contributed by atoms with Gasteiger partial charge in [0, 0.05) is 18.3 Å². The minimum Gasteiger partial charge on any atom is -0.334 e. The van der Waals surface area contributed by atoms with Gasteiger partial charge in [-0.2, -0.15) is 0 Å². The molecule has 2 aromatic rings. The molecule has 0 aliphatic rings. The summed E-state index contributed by atoms with van der Waals surface area (Å²) in [6, 6.07) is 17.0. The quantitative estimate of drug-likeness (QED) is 0.845. The molecule has 0 aromatic heterocycles. The fourth-order valence-corrected chi connectivity index (χ4v) is 2.49. The van der Waals surface area contributed by atoms with Crippen molar-refractivity contribution in [1.29, 1.82) is 0 Å². The molecule has 2 N–H and O–H groups in total. The lowest BCUT2D eigenvalue weighted by molar-refractivity contribution is -0.132. The van der Waals surface area contributed by atoms with E-state index in [1.165, 1.54) is 0 Å². The number of carbonyl (C=O) groups excluding carboxylic acids is 2. The van der Waals surface area contributed by atoms with Gasteiger partial charge in [0.05, 0.1) is 6.54 Å². The zero-order valence-electron chi connectivity index (χ0n) is 15.0. The highest BCUT2D eigenvalue weighted by atomic mass is 16.2.